The highest BCUT2D eigenvalue weighted by atomic mass is 35.5. The Bertz CT molecular complexity index is 1690. The first-order chi connectivity index (χ1) is 20.6. The number of rotatable bonds is 9. The van der Waals surface area contributed by atoms with Crippen molar-refractivity contribution in [2.45, 2.75) is 18.9 Å². The third-order valence-electron chi connectivity index (χ3n) is 7.18. The Hall–Kier alpha value is -4.67. The lowest BCUT2D eigenvalue weighted by Gasteiger charge is -2.38. The molecule has 43 heavy (non-hydrogen) atoms. The summed E-state index contributed by atoms with van der Waals surface area (Å²) in [5.41, 5.74) is 8.14. The standard InChI is InChI=1S/C31H29Cl2N5O5/c1-3-6-27(21(16-34)30(40)38-12-11-37(19-9-10-19)24-7-4-5-8-25(24)38)43-28-15-22(32)20(14-23(28)33)29(39)35-18-13-26(31(41)42)36(2)17-18/h3-8,13-17,19H,1,9-12,34H2,2H3,(H,35,39)(H,41,42)/b21-16+,27-6+. The van der Waals surface area contributed by atoms with Crippen LogP contribution in [-0.4, -0.2) is 46.6 Å². The Balaban J connectivity index is 1.37. The van der Waals surface area contributed by atoms with E-state index in [1.54, 1.807) is 11.9 Å². The number of allylic oxidation sites excluding steroid dienone is 2. The van der Waals surface area contributed by atoms with E-state index >= 15 is 0 Å². The minimum absolute atomic E-state index is 0.00342. The van der Waals surface area contributed by atoms with Gasteiger partial charge < -0.3 is 35.3 Å². The summed E-state index contributed by atoms with van der Waals surface area (Å²) in [6.07, 6.45) is 7.85. The van der Waals surface area contributed by atoms with Crippen LogP contribution in [0, 0.1) is 0 Å². The first kappa shape index (κ1) is 29.8. The second-order valence-corrected chi connectivity index (χ2v) is 10.9. The molecular weight excluding hydrogens is 593 g/mol. The van der Waals surface area contributed by atoms with Crippen LogP contribution >= 0.6 is 23.2 Å². The first-order valence-electron chi connectivity index (χ1n) is 13.4. The molecule has 0 radical (unpaired) electrons. The van der Waals surface area contributed by atoms with Crippen LogP contribution in [0.2, 0.25) is 10.0 Å². The fourth-order valence-corrected chi connectivity index (χ4v) is 5.44. The lowest BCUT2D eigenvalue weighted by atomic mass is 10.1. The van der Waals surface area contributed by atoms with E-state index in [0.29, 0.717) is 19.1 Å². The van der Waals surface area contributed by atoms with E-state index in [1.165, 1.54) is 47.3 Å². The zero-order chi connectivity index (χ0) is 30.8. The largest absolute Gasteiger partial charge is 0.477 e. The number of hydrogen-bond donors (Lipinski definition) is 3. The van der Waals surface area contributed by atoms with Gasteiger partial charge in [0.15, 0.2) is 0 Å². The van der Waals surface area contributed by atoms with Crippen LogP contribution in [0.5, 0.6) is 5.75 Å². The molecule has 0 unspecified atom stereocenters. The molecule has 2 amide bonds. The van der Waals surface area contributed by atoms with Crippen LogP contribution in [0.15, 0.2) is 84.9 Å². The predicted octanol–water partition coefficient (Wildman–Crippen LogP) is 5.59. The molecule has 5 rings (SSSR count). The van der Waals surface area contributed by atoms with Gasteiger partial charge in [-0.1, -0.05) is 48.0 Å². The number of para-hydroxylation sites is 2. The third kappa shape index (κ3) is 6.11. The van der Waals surface area contributed by atoms with Gasteiger partial charge in [-0.2, -0.15) is 0 Å². The fourth-order valence-electron chi connectivity index (χ4n) is 4.99. The van der Waals surface area contributed by atoms with Crippen molar-refractivity contribution in [1.82, 2.24) is 4.57 Å². The lowest BCUT2D eigenvalue weighted by Crippen LogP contribution is -2.45. The van der Waals surface area contributed by atoms with Crippen molar-refractivity contribution in [2.75, 3.05) is 28.2 Å². The van der Waals surface area contributed by atoms with Crippen LogP contribution in [0.3, 0.4) is 0 Å². The minimum atomic E-state index is -1.14. The zero-order valence-electron chi connectivity index (χ0n) is 23.2. The Morgan fingerprint density at radius 3 is 2.44 bits per heavy atom. The Morgan fingerprint density at radius 2 is 1.81 bits per heavy atom. The maximum absolute atomic E-state index is 13.9. The molecule has 1 aromatic heterocycles. The van der Waals surface area contributed by atoms with Crippen molar-refractivity contribution >= 4 is 58.0 Å². The molecule has 222 valence electrons. The number of ether oxygens (including phenoxy) is 1. The SMILES string of the molecule is C=C/C=C(Oc1cc(Cl)c(C(=O)Nc2cc(C(=O)O)n(C)c2)cc1Cl)\C(=C/N)C(=O)N1CCN(C2CC2)c2ccccc21. The van der Waals surface area contributed by atoms with E-state index in [9.17, 15) is 19.5 Å². The summed E-state index contributed by atoms with van der Waals surface area (Å²) in [6.45, 7) is 4.89. The number of carboxylic acid groups (broad SMARTS) is 1. The van der Waals surface area contributed by atoms with E-state index in [4.69, 9.17) is 33.7 Å². The van der Waals surface area contributed by atoms with Crippen LogP contribution in [0.25, 0.3) is 0 Å². The molecule has 4 N–H and O–H groups in total. The van der Waals surface area contributed by atoms with Gasteiger partial charge in [-0.3, -0.25) is 9.59 Å². The molecule has 2 aromatic carbocycles. The number of amides is 2. The molecule has 0 bridgehead atoms. The smallest absolute Gasteiger partial charge is 0.352 e. The number of carboxylic acids is 1. The molecule has 1 aliphatic heterocycles. The van der Waals surface area contributed by atoms with Crippen LogP contribution in [0.1, 0.15) is 33.7 Å². The quantitative estimate of drug-likeness (QED) is 0.161. The van der Waals surface area contributed by atoms with Crippen molar-refractivity contribution in [2.24, 2.45) is 12.8 Å². The number of aromatic nitrogens is 1. The summed E-state index contributed by atoms with van der Waals surface area (Å²) in [6, 6.07) is 12.3. The van der Waals surface area contributed by atoms with E-state index in [0.717, 1.165) is 24.2 Å². The molecule has 2 heterocycles. The average Bonchev–Trinajstić information content (AvgIpc) is 3.76. The van der Waals surface area contributed by atoms with Crippen LogP contribution in [-0.2, 0) is 11.8 Å². The van der Waals surface area contributed by atoms with Crippen molar-refractivity contribution in [3.63, 3.8) is 0 Å². The number of nitrogens with one attached hydrogen (secondary N) is 1. The molecule has 2 aliphatic rings. The van der Waals surface area contributed by atoms with Crippen molar-refractivity contribution in [3.05, 3.63) is 106 Å². The number of benzene rings is 2. The maximum atomic E-state index is 13.9. The predicted molar refractivity (Wildman–Crippen MR) is 167 cm³/mol. The second kappa shape index (κ2) is 12.3. The Morgan fingerprint density at radius 1 is 1.09 bits per heavy atom. The topological polar surface area (TPSA) is 130 Å². The average molecular weight is 623 g/mol. The minimum Gasteiger partial charge on any atom is -0.477 e. The van der Waals surface area contributed by atoms with Crippen molar-refractivity contribution in [3.8, 4) is 5.75 Å². The number of fused-ring (bicyclic) bond motifs is 1. The zero-order valence-corrected chi connectivity index (χ0v) is 24.7. The van der Waals surface area contributed by atoms with E-state index in [-0.39, 0.29) is 50.0 Å². The number of anilines is 3. The van der Waals surface area contributed by atoms with Crippen LogP contribution in [0.4, 0.5) is 17.1 Å². The summed E-state index contributed by atoms with van der Waals surface area (Å²) in [5, 5.41) is 11.9. The molecule has 1 aliphatic carbocycles. The number of halogens is 2. The number of aryl methyl sites for hydroxylation is 1. The van der Waals surface area contributed by atoms with Crippen molar-refractivity contribution in [1.29, 1.82) is 0 Å². The highest BCUT2D eigenvalue weighted by Crippen LogP contribution is 2.41. The third-order valence-corrected chi connectivity index (χ3v) is 7.79. The van der Waals surface area contributed by atoms with E-state index in [1.807, 2.05) is 24.3 Å². The number of hydrogen-bond acceptors (Lipinski definition) is 6. The summed E-state index contributed by atoms with van der Waals surface area (Å²) < 4.78 is 7.42. The molecule has 0 spiro atoms. The molecule has 3 aromatic rings. The molecular formula is C31H29Cl2N5O5. The van der Waals surface area contributed by atoms with E-state index in [2.05, 4.69) is 16.8 Å². The molecule has 12 heteroatoms. The molecule has 0 saturated heterocycles. The first-order valence-corrected chi connectivity index (χ1v) is 14.2. The van der Waals surface area contributed by atoms with Crippen LogP contribution < -0.4 is 25.6 Å². The number of nitrogens with two attached hydrogens (primary N) is 1. The summed E-state index contributed by atoms with van der Waals surface area (Å²) in [7, 11) is 1.55. The van der Waals surface area contributed by atoms with Gasteiger partial charge in [0.25, 0.3) is 11.8 Å². The lowest BCUT2D eigenvalue weighted by molar-refractivity contribution is -0.115. The van der Waals surface area contributed by atoms with Gasteiger partial charge in [-0.25, -0.2) is 4.79 Å². The van der Waals surface area contributed by atoms with Gasteiger partial charge in [0.05, 0.1) is 38.2 Å². The highest BCUT2D eigenvalue weighted by molar-refractivity contribution is 6.37. The Labute approximate surface area is 258 Å². The summed E-state index contributed by atoms with van der Waals surface area (Å²) in [5.74, 6) is -1.94. The maximum Gasteiger partial charge on any atom is 0.352 e. The summed E-state index contributed by atoms with van der Waals surface area (Å²) >= 11 is 13.0. The highest BCUT2D eigenvalue weighted by Gasteiger charge is 2.36. The van der Waals surface area contributed by atoms with E-state index < -0.39 is 11.9 Å². The van der Waals surface area contributed by atoms with Gasteiger partial charge in [-0.15, -0.1) is 0 Å². The van der Waals surface area contributed by atoms with Gasteiger partial charge in [0.1, 0.15) is 17.2 Å². The van der Waals surface area contributed by atoms with Gasteiger partial charge in [0, 0.05) is 44.6 Å². The number of nitrogens with zero attached hydrogens (tertiary/aromatic N) is 3. The monoisotopic (exact) mass is 621 g/mol. The molecule has 1 fully saturated rings. The van der Waals surface area contributed by atoms with Crippen molar-refractivity contribution < 1.29 is 24.2 Å². The van der Waals surface area contributed by atoms with Gasteiger partial charge in [0.2, 0.25) is 0 Å². The molecule has 10 nitrogen and oxygen atoms in total. The van der Waals surface area contributed by atoms with Gasteiger partial charge >= 0.3 is 5.97 Å². The normalized spacial score (nSPS) is 15.1. The number of carbonyl (C=O) groups excluding carboxylic acids is 2. The number of aromatic carboxylic acids is 1. The molecule has 0 atom stereocenters. The molecule has 1 saturated carbocycles. The second-order valence-electron chi connectivity index (χ2n) is 10.1. The van der Waals surface area contributed by atoms with Gasteiger partial charge in [-0.05, 0) is 43.2 Å². The summed E-state index contributed by atoms with van der Waals surface area (Å²) in [4.78, 5) is 42.2. The Kier molecular flexibility index (Phi) is 8.52. The fraction of sp³-hybridized carbons (Fsp3) is 0.194. The number of carbonyl (C=O) groups is 3.